The normalized spacial score (nSPS) is 10.3. The zero-order valence-electron chi connectivity index (χ0n) is 9.74. The summed E-state index contributed by atoms with van der Waals surface area (Å²) in [6.07, 6.45) is 5.33. The average Bonchev–Trinajstić information content (AvgIpc) is 2.40. The van der Waals surface area contributed by atoms with Crippen LogP contribution in [0.5, 0.6) is 5.75 Å². The second-order valence-corrected chi connectivity index (χ2v) is 4.57. The zero-order valence-corrected chi connectivity index (χ0v) is 11.3. The molecule has 0 amide bonds. The molecular weight excluding hydrogens is 314 g/mol. The highest BCUT2D eigenvalue weighted by Crippen LogP contribution is 2.37. The summed E-state index contributed by atoms with van der Waals surface area (Å²) in [4.78, 5) is 0. The highest BCUT2D eigenvalue weighted by molar-refractivity contribution is 9.10. The Morgan fingerprint density at radius 2 is 1.89 bits per heavy atom. The minimum atomic E-state index is -2.88. The van der Waals surface area contributed by atoms with Crippen molar-refractivity contribution in [1.82, 2.24) is 0 Å². The van der Waals surface area contributed by atoms with Crippen molar-refractivity contribution in [2.75, 3.05) is 0 Å². The first-order chi connectivity index (χ1) is 9.11. The molecule has 0 aliphatic heterocycles. The summed E-state index contributed by atoms with van der Waals surface area (Å²) in [5.74, 6) is 2.61. The summed E-state index contributed by atoms with van der Waals surface area (Å²) in [5.41, 5.74) is 1.97. The second kappa shape index (κ2) is 5.85. The van der Waals surface area contributed by atoms with Gasteiger partial charge in [0.05, 0.1) is 4.47 Å². The van der Waals surface area contributed by atoms with Crippen molar-refractivity contribution >= 4 is 15.9 Å². The standard InChI is InChI=1S/C15H9BrF2O/c1-2-10-5-3-6-11(9-10)12-7-4-8-13(16)14(12)19-15(17)18/h1,3-9,15H. The van der Waals surface area contributed by atoms with Crippen LogP contribution in [0.25, 0.3) is 11.1 Å². The maximum atomic E-state index is 12.5. The molecule has 0 atom stereocenters. The van der Waals surface area contributed by atoms with Crippen LogP contribution >= 0.6 is 15.9 Å². The second-order valence-electron chi connectivity index (χ2n) is 3.72. The molecule has 0 aliphatic carbocycles. The Bertz CT molecular complexity index is 632. The van der Waals surface area contributed by atoms with E-state index in [1.807, 2.05) is 0 Å². The van der Waals surface area contributed by atoms with Gasteiger partial charge in [-0.15, -0.1) is 6.42 Å². The van der Waals surface area contributed by atoms with Crippen LogP contribution in [0.3, 0.4) is 0 Å². The van der Waals surface area contributed by atoms with Crippen molar-refractivity contribution in [3.63, 3.8) is 0 Å². The number of hydrogen-bond donors (Lipinski definition) is 0. The highest BCUT2D eigenvalue weighted by atomic mass is 79.9. The van der Waals surface area contributed by atoms with E-state index in [9.17, 15) is 8.78 Å². The van der Waals surface area contributed by atoms with Gasteiger partial charge in [0, 0.05) is 11.1 Å². The number of alkyl halides is 2. The lowest BCUT2D eigenvalue weighted by molar-refractivity contribution is -0.0499. The third-order valence-corrected chi connectivity index (χ3v) is 3.14. The van der Waals surface area contributed by atoms with Crippen molar-refractivity contribution < 1.29 is 13.5 Å². The van der Waals surface area contributed by atoms with Gasteiger partial charge in [-0.25, -0.2) is 0 Å². The summed E-state index contributed by atoms with van der Waals surface area (Å²) in [6, 6.07) is 12.2. The fourth-order valence-electron chi connectivity index (χ4n) is 1.72. The minimum absolute atomic E-state index is 0.103. The Balaban J connectivity index is 2.55. The van der Waals surface area contributed by atoms with Crippen LogP contribution in [-0.2, 0) is 0 Å². The molecule has 0 bridgehead atoms. The van der Waals surface area contributed by atoms with Crippen molar-refractivity contribution in [1.29, 1.82) is 0 Å². The number of terminal acetylenes is 1. The minimum Gasteiger partial charge on any atom is -0.433 e. The van der Waals surface area contributed by atoms with Crippen LogP contribution in [-0.4, -0.2) is 6.61 Å². The molecule has 0 radical (unpaired) electrons. The van der Waals surface area contributed by atoms with Crippen molar-refractivity contribution in [3.8, 4) is 29.2 Å². The highest BCUT2D eigenvalue weighted by Gasteiger charge is 2.14. The third-order valence-electron chi connectivity index (χ3n) is 2.51. The molecule has 0 aromatic heterocycles. The van der Waals surface area contributed by atoms with E-state index in [1.54, 1.807) is 42.5 Å². The molecule has 0 saturated heterocycles. The molecule has 0 unspecified atom stereocenters. The fraction of sp³-hybridized carbons (Fsp3) is 0.0667. The lowest BCUT2D eigenvalue weighted by Gasteiger charge is -2.12. The Labute approximate surface area is 118 Å². The van der Waals surface area contributed by atoms with E-state index < -0.39 is 6.61 Å². The molecule has 96 valence electrons. The molecule has 0 fully saturated rings. The van der Waals surface area contributed by atoms with Crippen LogP contribution in [0.15, 0.2) is 46.9 Å². The molecular formula is C15H9BrF2O. The fourth-order valence-corrected chi connectivity index (χ4v) is 2.18. The number of para-hydroxylation sites is 1. The van der Waals surface area contributed by atoms with Crippen LogP contribution in [0.4, 0.5) is 8.78 Å². The molecule has 2 rings (SSSR count). The summed E-state index contributed by atoms with van der Waals surface area (Å²) in [5, 5.41) is 0. The van der Waals surface area contributed by atoms with E-state index in [1.165, 1.54) is 0 Å². The van der Waals surface area contributed by atoms with Crippen molar-refractivity contribution in [2.45, 2.75) is 6.61 Å². The Morgan fingerprint density at radius 3 is 2.58 bits per heavy atom. The van der Waals surface area contributed by atoms with E-state index in [0.29, 0.717) is 15.6 Å². The van der Waals surface area contributed by atoms with E-state index in [2.05, 4.69) is 26.6 Å². The molecule has 2 aromatic carbocycles. The smallest absolute Gasteiger partial charge is 0.387 e. The summed E-state index contributed by atoms with van der Waals surface area (Å²) in [6.45, 7) is -2.88. The monoisotopic (exact) mass is 322 g/mol. The van der Waals surface area contributed by atoms with E-state index >= 15 is 0 Å². The zero-order chi connectivity index (χ0) is 13.8. The van der Waals surface area contributed by atoms with Gasteiger partial charge in [0.1, 0.15) is 5.75 Å². The molecule has 4 heteroatoms. The Hall–Kier alpha value is -1.86. The van der Waals surface area contributed by atoms with E-state index in [-0.39, 0.29) is 5.75 Å². The molecule has 0 spiro atoms. The van der Waals surface area contributed by atoms with Gasteiger partial charge in [-0.1, -0.05) is 30.2 Å². The van der Waals surface area contributed by atoms with Gasteiger partial charge in [0.25, 0.3) is 0 Å². The van der Waals surface area contributed by atoms with Gasteiger partial charge in [0.15, 0.2) is 0 Å². The maximum absolute atomic E-state index is 12.5. The predicted molar refractivity (Wildman–Crippen MR) is 74.1 cm³/mol. The topological polar surface area (TPSA) is 9.23 Å². The first kappa shape index (κ1) is 13.6. The molecule has 19 heavy (non-hydrogen) atoms. The molecule has 0 N–H and O–H groups in total. The third kappa shape index (κ3) is 3.12. The SMILES string of the molecule is C#Cc1cccc(-c2cccc(Br)c2OC(F)F)c1. The Morgan fingerprint density at radius 1 is 1.16 bits per heavy atom. The molecule has 0 aliphatic rings. The number of hydrogen-bond acceptors (Lipinski definition) is 1. The number of ether oxygens (including phenoxy) is 1. The molecule has 0 heterocycles. The molecule has 1 nitrogen and oxygen atoms in total. The van der Waals surface area contributed by atoms with E-state index in [0.717, 1.165) is 5.56 Å². The van der Waals surface area contributed by atoms with Crippen LogP contribution in [0.2, 0.25) is 0 Å². The maximum Gasteiger partial charge on any atom is 0.387 e. The largest absolute Gasteiger partial charge is 0.433 e. The summed E-state index contributed by atoms with van der Waals surface area (Å²) >= 11 is 3.21. The van der Waals surface area contributed by atoms with Crippen molar-refractivity contribution in [3.05, 3.63) is 52.5 Å². The number of benzene rings is 2. The predicted octanol–water partition coefficient (Wildman–Crippen LogP) is 4.70. The quantitative estimate of drug-likeness (QED) is 0.744. The van der Waals surface area contributed by atoms with Gasteiger partial charge in [-0.05, 0) is 39.7 Å². The molecule has 2 aromatic rings. The Kier molecular flexibility index (Phi) is 4.18. The first-order valence-corrected chi connectivity index (χ1v) is 6.21. The van der Waals surface area contributed by atoms with Gasteiger partial charge >= 0.3 is 6.61 Å². The van der Waals surface area contributed by atoms with Gasteiger partial charge in [0.2, 0.25) is 0 Å². The van der Waals surface area contributed by atoms with Crippen molar-refractivity contribution in [2.24, 2.45) is 0 Å². The summed E-state index contributed by atoms with van der Waals surface area (Å²) < 4.78 is 30.0. The van der Waals surface area contributed by atoms with Gasteiger partial charge in [-0.3, -0.25) is 0 Å². The molecule has 0 saturated carbocycles. The number of rotatable bonds is 3. The van der Waals surface area contributed by atoms with Crippen LogP contribution in [0.1, 0.15) is 5.56 Å². The van der Waals surface area contributed by atoms with Crippen LogP contribution < -0.4 is 4.74 Å². The lowest BCUT2D eigenvalue weighted by atomic mass is 10.0. The van der Waals surface area contributed by atoms with Gasteiger partial charge in [-0.2, -0.15) is 8.78 Å². The summed E-state index contributed by atoms with van der Waals surface area (Å²) in [7, 11) is 0. The average molecular weight is 323 g/mol. The van der Waals surface area contributed by atoms with E-state index in [4.69, 9.17) is 6.42 Å². The number of halogens is 3. The lowest BCUT2D eigenvalue weighted by Crippen LogP contribution is -2.03. The van der Waals surface area contributed by atoms with Gasteiger partial charge < -0.3 is 4.74 Å². The van der Waals surface area contributed by atoms with Crippen LogP contribution in [0, 0.1) is 12.3 Å². The first-order valence-electron chi connectivity index (χ1n) is 5.42.